The minimum atomic E-state index is -1.34. The van der Waals surface area contributed by atoms with E-state index in [-0.39, 0.29) is 0 Å². The Labute approximate surface area is 71.0 Å². The van der Waals surface area contributed by atoms with E-state index in [4.69, 9.17) is 16.2 Å². The van der Waals surface area contributed by atoms with Gasteiger partial charge in [-0.3, -0.25) is 9.59 Å². The number of ether oxygens (including phenoxy) is 1. The molecule has 0 rings (SSSR count). The summed E-state index contributed by atoms with van der Waals surface area (Å²) in [5.41, 5.74) is 9.14. The van der Waals surface area contributed by atoms with Gasteiger partial charge in [-0.15, -0.1) is 0 Å². The van der Waals surface area contributed by atoms with Crippen LogP contribution in [-0.2, 0) is 14.3 Å². The maximum Gasteiger partial charge on any atom is 0.256 e. The van der Waals surface area contributed by atoms with Gasteiger partial charge in [0, 0.05) is 0 Å². The summed E-state index contributed by atoms with van der Waals surface area (Å²) in [4.78, 5) is 21.2. The molecular weight excluding hydrogens is 160 g/mol. The summed E-state index contributed by atoms with van der Waals surface area (Å²) in [5, 5.41) is 0. The van der Waals surface area contributed by atoms with E-state index in [0.29, 0.717) is 0 Å². The van der Waals surface area contributed by atoms with Gasteiger partial charge in [0.2, 0.25) is 6.10 Å². The van der Waals surface area contributed by atoms with Crippen LogP contribution in [0.1, 0.15) is 20.8 Å². The number of amides is 2. The van der Waals surface area contributed by atoms with Gasteiger partial charge >= 0.3 is 0 Å². The first kappa shape index (κ1) is 10.9. The van der Waals surface area contributed by atoms with Crippen molar-refractivity contribution >= 4 is 11.8 Å². The molecule has 12 heavy (non-hydrogen) atoms. The topological polar surface area (TPSA) is 95.4 Å². The van der Waals surface area contributed by atoms with E-state index >= 15 is 0 Å². The number of carbonyl (C=O) groups is 2. The first-order chi connectivity index (χ1) is 5.24. The Morgan fingerprint density at radius 1 is 1.17 bits per heavy atom. The molecule has 5 nitrogen and oxygen atoms in total. The lowest BCUT2D eigenvalue weighted by atomic mass is 10.2. The summed E-state index contributed by atoms with van der Waals surface area (Å²) in [7, 11) is 0. The molecule has 2 amide bonds. The number of carbonyl (C=O) groups excluding carboxylic acids is 2. The van der Waals surface area contributed by atoms with E-state index in [1.165, 1.54) is 0 Å². The Balaban J connectivity index is 4.35. The van der Waals surface area contributed by atoms with Crippen molar-refractivity contribution in [3.63, 3.8) is 0 Å². The van der Waals surface area contributed by atoms with Gasteiger partial charge in [0.25, 0.3) is 11.8 Å². The van der Waals surface area contributed by atoms with E-state index in [1.54, 1.807) is 20.8 Å². The molecule has 0 heterocycles. The summed E-state index contributed by atoms with van der Waals surface area (Å²) in [6.45, 7) is 5.10. The fourth-order valence-electron chi connectivity index (χ4n) is 0.610. The number of primary amides is 2. The molecule has 0 atom stereocenters. The third-order valence-corrected chi connectivity index (χ3v) is 0.988. The highest BCUT2D eigenvalue weighted by Gasteiger charge is 2.27. The number of hydrogen-bond acceptors (Lipinski definition) is 3. The molecule has 0 unspecified atom stereocenters. The quantitative estimate of drug-likeness (QED) is 0.545. The lowest BCUT2D eigenvalue weighted by Gasteiger charge is -2.23. The molecule has 0 aromatic rings. The van der Waals surface area contributed by atoms with Crippen molar-refractivity contribution in [3.8, 4) is 0 Å². The van der Waals surface area contributed by atoms with Crippen molar-refractivity contribution < 1.29 is 14.3 Å². The SMILES string of the molecule is CC(C)(C)OC(C(N)=O)C(N)=O. The minimum absolute atomic E-state index is 0.616. The molecule has 0 radical (unpaired) electrons. The molecule has 5 heteroatoms. The van der Waals surface area contributed by atoms with E-state index < -0.39 is 23.5 Å². The zero-order chi connectivity index (χ0) is 9.94. The van der Waals surface area contributed by atoms with Gasteiger partial charge < -0.3 is 16.2 Å². The lowest BCUT2D eigenvalue weighted by Crippen LogP contribution is -2.46. The van der Waals surface area contributed by atoms with Gasteiger partial charge in [0.1, 0.15) is 0 Å². The van der Waals surface area contributed by atoms with Crippen LogP contribution in [0.5, 0.6) is 0 Å². The van der Waals surface area contributed by atoms with Gasteiger partial charge in [-0.25, -0.2) is 0 Å². The average Bonchev–Trinajstić information content (AvgIpc) is 1.79. The zero-order valence-electron chi connectivity index (χ0n) is 7.46. The molecule has 70 valence electrons. The Kier molecular flexibility index (Phi) is 3.21. The molecule has 0 saturated heterocycles. The van der Waals surface area contributed by atoms with Crippen molar-refractivity contribution in [2.75, 3.05) is 0 Å². The van der Waals surface area contributed by atoms with Crippen LogP contribution in [0.2, 0.25) is 0 Å². The van der Waals surface area contributed by atoms with Crippen molar-refractivity contribution in [1.29, 1.82) is 0 Å². The Bertz CT molecular complexity index is 181. The van der Waals surface area contributed by atoms with Crippen molar-refractivity contribution in [2.45, 2.75) is 32.5 Å². The van der Waals surface area contributed by atoms with Gasteiger partial charge in [-0.2, -0.15) is 0 Å². The molecule has 4 N–H and O–H groups in total. The predicted molar refractivity (Wildman–Crippen MR) is 43.0 cm³/mol. The van der Waals surface area contributed by atoms with Gasteiger partial charge in [0.05, 0.1) is 5.60 Å². The maximum atomic E-state index is 10.6. The van der Waals surface area contributed by atoms with Gasteiger partial charge in [-0.1, -0.05) is 0 Å². The van der Waals surface area contributed by atoms with Crippen LogP contribution in [0.3, 0.4) is 0 Å². The predicted octanol–water partition coefficient (Wildman–Crippen LogP) is -0.859. The zero-order valence-corrected chi connectivity index (χ0v) is 7.46. The molecule has 0 saturated carbocycles. The van der Waals surface area contributed by atoms with Gasteiger partial charge in [-0.05, 0) is 20.8 Å². The summed E-state index contributed by atoms with van der Waals surface area (Å²) < 4.78 is 5.01. The molecular formula is C7H14N2O3. The second kappa shape index (κ2) is 3.53. The van der Waals surface area contributed by atoms with Crippen LogP contribution in [-0.4, -0.2) is 23.5 Å². The average molecular weight is 174 g/mol. The lowest BCUT2D eigenvalue weighted by molar-refractivity contribution is -0.151. The molecule has 0 aliphatic rings. The molecule has 0 aromatic heterocycles. The second-order valence-corrected chi connectivity index (χ2v) is 3.42. The highest BCUT2D eigenvalue weighted by atomic mass is 16.5. The fraction of sp³-hybridized carbons (Fsp3) is 0.714. The van der Waals surface area contributed by atoms with Crippen LogP contribution in [0.25, 0.3) is 0 Å². The fourth-order valence-corrected chi connectivity index (χ4v) is 0.610. The van der Waals surface area contributed by atoms with Crippen LogP contribution in [0.15, 0.2) is 0 Å². The highest BCUT2D eigenvalue weighted by Crippen LogP contribution is 2.10. The first-order valence-electron chi connectivity index (χ1n) is 3.50. The van der Waals surface area contributed by atoms with Crippen LogP contribution in [0.4, 0.5) is 0 Å². The van der Waals surface area contributed by atoms with Crippen molar-refractivity contribution in [1.82, 2.24) is 0 Å². The monoisotopic (exact) mass is 174 g/mol. The largest absolute Gasteiger partial charge is 0.367 e. The van der Waals surface area contributed by atoms with Crippen LogP contribution < -0.4 is 11.5 Å². The molecule has 0 bridgehead atoms. The third kappa shape index (κ3) is 3.92. The number of rotatable bonds is 3. The molecule has 0 aliphatic carbocycles. The van der Waals surface area contributed by atoms with Crippen molar-refractivity contribution in [2.24, 2.45) is 11.5 Å². The highest BCUT2D eigenvalue weighted by molar-refractivity contribution is 6.01. The van der Waals surface area contributed by atoms with Crippen molar-refractivity contribution in [3.05, 3.63) is 0 Å². The van der Waals surface area contributed by atoms with E-state index in [2.05, 4.69) is 0 Å². The van der Waals surface area contributed by atoms with E-state index in [1.807, 2.05) is 0 Å². The normalized spacial score (nSPS) is 11.7. The minimum Gasteiger partial charge on any atom is -0.367 e. The summed E-state index contributed by atoms with van der Waals surface area (Å²) >= 11 is 0. The summed E-state index contributed by atoms with van der Waals surface area (Å²) in [5.74, 6) is -1.73. The summed E-state index contributed by atoms with van der Waals surface area (Å²) in [6.07, 6.45) is -1.34. The Morgan fingerprint density at radius 3 is 1.58 bits per heavy atom. The van der Waals surface area contributed by atoms with Crippen LogP contribution >= 0.6 is 0 Å². The first-order valence-corrected chi connectivity index (χ1v) is 3.50. The maximum absolute atomic E-state index is 10.6. The summed E-state index contributed by atoms with van der Waals surface area (Å²) in [6, 6.07) is 0. The smallest absolute Gasteiger partial charge is 0.256 e. The number of hydrogen-bond donors (Lipinski definition) is 2. The van der Waals surface area contributed by atoms with Crippen LogP contribution in [0, 0.1) is 0 Å². The van der Waals surface area contributed by atoms with Gasteiger partial charge in [0.15, 0.2) is 0 Å². The Morgan fingerprint density at radius 2 is 1.50 bits per heavy atom. The molecule has 0 spiro atoms. The third-order valence-electron chi connectivity index (χ3n) is 0.988. The standard InChI is InChI=1S/C7H14N2O3/c1-7(2,3)12-4(5(8)10)6(9)11/h4H,1-3H3,(H2,8,10)(H2,9,11). The van der Waals surface area contributed by atoms with E-state index in [9.17, 15) is 9.59 Å². The molecule has 0 fully saturated rings. The molecule has 0 aliphatic heterocycles. The van der Waals surface area contributed by atoms with E-state index in [0.717, 1.165) is 0 Å². The second-order valence-electron chi connectivity index (χ2n) is 3.42. The molecule has 0 aromatic carbocycles. The number of nitrogens with two attached hydrogens (primary N) is 2. The Hall–Kier alpha value is -1.10.